The molecule has 2 rings (SSSR count). The molecule has 0 radical (unpaired) electrons. The van der Waals surface area contributed by atoms with Gasteiger partial charge in [0.1, 0.15) is 5.82 Å². The third-order valence-corrected chi connectivity index (χ3v) is 4.28. The number of pyridine rings is 1. The standard InChI is InChI=1S/C16H28N4/c1-5-15(17)14-10-13(4)16(18-11-14)20-8-6-19(7-9-20)12(2)3/h10-12,15H,5-9,17H2,1-4H3. The molecular weight excluding hydrogens is 248 g/mol. The van der Waals surface area contributed by atoms with Gasteiger partial charge in [0.05, 0.1) is 0 Å². The fourth-order valence-electron chi connectivity index (χ4n) is 2.81. The van der Waals surface area contributed by atoms with Gasteiger partial charge in [-0.05, 0) is 44.4 Å². The van der Waals surface area contributed by atoms with Crippen molar-refractivity contribution < 1.29 is 0 Å². The first-order valence-corrected chi connectivity index (χ1v) is 7.74. The lowest BCUT2D eigenvalue weighted by atomic mass is 10.1. The van der Waals surface area contributed by atoms with Crippen LogP contribution in [0, 0.1) is 6.92 Å². The Morgan fingerprint density at radius 3 is 2.40 bits per heavy atom. The molecule has 0 spiro atoms. The quantitative estimate of drug-likeness (QED) is 0.917. The van der Waals surface area contributed by atoms with Gasteiger partial charge in [-0.15, -0.1) is 0 Å². The maximum absolute atomic E-state index is 6.08. The SMILES string of the molecule is CCC(N)c1cnc(N2CCN(C(C)C)CC2)c(C)c1. The highest BCUT2D eigenvalue weighted by atomic mass is 15.3. The first-order chi connectivity index (χ1) is 9.52. The molecule has 4 heteroatoms. The Morgan fingerprint density at radius 2 is 1.90 bits per heavy atom. The van der Waals surface area contributed by atoms with Gasteiger partial charge in [0.2, 0.25) is 0 Å². The third kappa shape index (κ3) is 3.30. The van der Waals surface area contributed by atoms with E-state index < -0.39 is 0 Å². The Balaban J connectivity index is 2.07. The second-order valence-electron chi connectivity index (χ2n) is 6.04. The molecule has 0 bridgehead atoms. The molecule has 4 nitrogen and oxygen atoms in total. The summed E-state index contributed by atoms with van der Waals surface area (Å²) in [6, 6.07) is 2.94. The number of rotatable bonds is 4. The molecule has 0 amide bonds. The molecule has 1 aliphatic heterocycles. The summed E-state index contributed by atoms with van der Waals surface area (Å²) in [5.74, 6) is 1.13. The fraction of sp³-hybridized carbons (Fsp3) is 0.688. The van der Waals surface area contributed by atoms with Crippen LogP contribution in [0.15, 0.2) is 12.3 Å². The summed E-state index contributed by atoms with van der Waals surface area (Å²) in [5.41, 5.74) is 8.47. The molecule has 20 heavy (non-hydrogen) atoms. The summed E-state index contributed by atoms with van der Waals surface area (Å²) in [6.07, 6.45) is 2.90. The number of hydrogen-bond donors (Lipinski definition) is 1. The third-order valence-electron chi connectivity index (χ3n) is 4.28. The molecule has 1 aromatic heterocycles. The first-order valence-electron chi connectivity index (χ1n) is 7.74. The molecule has 2 heterocycles. The molecule has 1 fully saturated rings. The molecule has 2 N–H and O–H groups in total. The van der Waals surface area contributed by atoms with Gasteiger partial charge in [-0.2, -0.15) is 0 Å². The molecule has 0 saturated carbocycles. The highest BCUT2D eigenvalue weighted by molar-refractivity contribution is 5.48. The van der Waals surface area contributed by atoms with E-state index >= 15 is 0 Å². The van der Waals surface area contributed by atoms with Crippen LogP contribution in [0.2, 0.25) is 0 Å². The van der Waals surface area contributed by atoms with Crippen LogP contribution in [-0.4, -0.2) is 42.1 Å². The summed E-state index contributed by atoms with van der Waals surface area (Å²) >= 11 is 0. The minimum absolute atomic E-state index is 0.105. The Morgan fingerprint density at radius 1 is 1.25 bits per heavy atom. The number of aromatic nitrogens is 1. The van der Waals surface area contributed by atoms with Gasteiger partial charge in [-0.1, -0.05) is 6.92 Å². The zero-order chi connectivity index (χ0) is 14.7. The predicted octanol–water partition coefficient (Wildman–Crippen LogP) is 2.33. The van der Waals surface area contributed by atoms with E-state index in [-0.39, 0.29) is 6.04 Å². The average Bonchev–Trinajstić information content (AvgIpc) is 2.46. The summed E-state index contributed by atoms with van der Waals surface area (Å²) in [7, 11) is 0. The van der Waals surface area contributed by atoms with Crippen LogP contribution in [0.25, 0.3) is 0 Å². The van der Waals surface area contributed by atoms with Gasteiger partial charge < -0.3 is 10.6 Å². The monoisotopic (exact) mass is 276 g/mol. The first kappa shape index (κ1) is 15.3. The van der Waals surface area contributed by atoms with E-state index in [1.807, 2.05) is 6.20 Å². The molecule has 1 aromatic rings. The Hall–Kier alpha value is -1.13. The summed E-state index contributed by atoms with van der Waals surface area (Å²) in [6.45, 7) is 13.1. The highest BCUT2D eigenvalue weighted by Crippen LogP contribution is 2.23. The van der Waals surface area contributed by atoms with Gasteiger partial charge in [0.25, 0.3) is 0 Å². The maximum Gasteiger partial charge on any atom is 0.131 e. The lowest BCUT2D eigenvalue weighted by Crippen LogP contribution is -2.49. The Kier molecular flexibility index (Phi) is 5.00. The van der Waals surface area contributed by atoms with Gasteiger partial charge >= 0.3 is 0 Å². The highest BCUT2D eigenvalue weighted by Gasteiger charge is 2.21. The van der Waals surface area contributed by atoms with Gasteiger partial charge in [0, 0.05) is 44.5 Å². The van der Waals surface area contributed by atoms with Crippen LogP contribution in [0.3, 0.4) is 0 Å². The second kappa shape index (κ2) is 6.55. The van der Waals surface area contributed by atoms with E-state index in [9.17, 15) is 0 Å². The normalized spacial score (nSPS) is 18.6. The lowest BCUT2D eigenvalue weighted by Gasteiger charge is -2.38. The van der Waals surface area contributed by atoms with E-state index in [0.717, 1.165) is 44.0 Å². The van der Waals surface area contributed by atoms with Crippen molar-refractivity contribution in [1.29, 1.82) is 0 Å². The molecule has 1 aliphatic rings. The number of nitrogens with zero attached hydrogens (tertiary/aromatic N) is 3. The minimum Gasteiger partial charge on any atom is -0.354 e. The van der Waals surface area contributed by atoms with Crippen LogP contribution in [0.1, 0.15) is 44.4 Å². The smallest absolute Gasteiger partial charge is 0.131 e. The largest absolute Gasteiger partial charge is 0.354 e. The van der Waals surface area contributed by atoms with E-state index in [2.05, 4.69) is 48.5 Å². The van der Waals surface area contributed by atoms with Crippen molar-refractivity contribution >= 4 is 5.82 Å². The van der Waals surface area contributed by atoms with Crippen molar-refractivity contribution in [3.8, 4) is 0 Å². The van der Waals surface area contributed by atoms with Crippen molar-refractivity contribution in [2.24, 2.45) is 5.73 Å². The van der Waals surface area contributed by atoms with Gasteiger partial charge in [-0.3, -0.25) is 4.90 Å². The van der Waals surface area contributed by atoms with Crippen LogP contribution >= 0.6 is 0 Å². The molecule has 112 valence electrons. The number of anilines is 1. The van der Waals surface area contributed by atoms with Crippen molar-refractivity contribution in [2.75, 3.05) is 31.1 Å². The predicted molar refractivity (Wildman–Crippen MR) is 85.1 cm³/mol. The van der Waals surface area contributed by atoms with E-state index in [0.29, 0.717) is 6.04 Å². The maximum atomic E-state index is 6.08. The molecule has 0 aromatic carbocycles. The van der Waals surface area contributed by atoms with Crippen molar-refractivity contribution in [3.63, 3.8) is 0 Å². The lowest BCUT2D eigenvalue weighted by molar-refractivity contribution is 0.209. The van der Waals surface area contributed by atoms with E-state index in [1.165, 1.54) is 5.56 Å². The molecule has 0 aliphatic carbocycles. The van der Waals surface area contributed by atoms with Crippen molar-refractivity contribution in [1.82, 2.24) is 9.88 Å². The molecule has 1 saturated heterocycles. The molecule has 1 atom stereocenters. The summed E-state index contributed by atoms with van der Waals surface area (Å²) in [4.78, 5) is 9.59. The van der Waals surface area contributed by atoms with Crippen molar-refractivity contribution in [3.05, 3.63) is 23.4 Å². The number of nitrogens with two attached hydrogens (primary N) is 1. The summed E-state index contributed by atoms with van der Waals surface area (Å²) in [5, 5.41) is 0. The van der Waals surface area contributed by atoms with Crippen LogP contribution in [-0.2, 0) is 0 Å². The summed E-state index contributed by atoms with van der Waals surface area (Å²) < 4.78 is 0. The van der Waals surface area contributed by atoms with E-state index in [1.54, 1.807) is 0 Å². The van der Waals surface area contributed by atoms with Crippen LogP contribution in [0.5, 0.6) is 0 Å². The Labute approximate surface area is 123 Å². The average molecular weight is 276 g/mol. The van der Waals surface area contributed by atoms with Gasteiger partial charge in [-0.25, -0.2) is 4.98 Å². The number of aryl methyl sites for hydroxylation is 1. The fourth-order valence-corrected chi connectivity index (χ4v) is 2.81. The zero-order valence-electron chi connectivity index (χ0n) is 13.3. The Bertz CT molecular complexity index is 436. The topological polar surface area (TPSA) is 45.4 Å². The van der Waals surface area contributed by atoms with Gasteiger partial charge in [0.15, 0.2) is 0 Å². The second-order valence-corrected chi connectivity index (χ2v) is 6.04. The van der Waals surface area contributed by atoms with Crippen LogP contribution < -0.4 is 10.6 Å². The zero-order valence-corrected chi connectivity index (χ0v) is 13.3. The molecule has 1 unspecified atom stereocenters. The minimum atomic E-state index is 0.105. The number of hydrogen-bond acceptors (Lipinski definition) is 4. The molecular formula is C16H28N4. The van der Waals surface area contributed by atoms with Crippen molar-refractivity contribution in [2.45, 2.75) is 46.2 Å². The number of piperazine rings is 1. The van der Waals surface area contributed by atoms with E-state index in [4.69, 9.17) is 5.73 Å². The van der Waals surface area contributed by atoms with Crippen LogP contribution in [0.4, 0.5) is 5.82 Å².